The molecule has 1 N–H and O–H groups in total. The molecule has 0 bridgehead atoms. The Hall–Kier alpha value is -1.07. The second-order valence-electron chi connectivity index (χ2n) is 4.09. The van der Waals surface area contributed by atoms with Crippen LogP contribution >= 0.6 is 34.8 Å². The third-order valence-corrected chi connectivity index (χ3v) is 4.91. The molecule has 0 aliphatic heterocycles. The molecule has 0 fully saturated rings. The van der Waals surface area contributed by atoms with E-state index >= 15 is 0 Å². The molecule has 2 aromatic rings. The van der Waals surface area contributed by atoms with Crippen molar-refractivity contribution in [1.29, 1.82) is 0 Å². The number of anilines is 1. The van der Waals surface area contributed by atoms with Crippen LogP contribution in [-0.2, 0) is 15.6 Å². The molecule has 0 aliphatic rings. The van der Waals surface area contributed by atoms with E-state index in [9.17, 15) is 9.00 Å². The third kappa shape index (κ3) is 4.45. The lowest BCUT2D eigenvalue weighted by molar-refractivity contribution is -0.113. The summed E-state index contributed by atoms with van der Waals surface area (Å²) < 4.78 is 12.1. The average Bonchev–Trinajstić information content (AvgIpc) is 2.42. The van der Waals surface area contributed by atoms with Crippen molar-refractivity contribution in [2.45, 2.75) is 4.90 Å². The van der Waals surface area contributed by atoms with E-state index in [0.717, 1.165) is 0 Å². The molecular formula is C14H10Cl3NO2S. The van der Waals surface area contributed by atoms with Gasteiger partial charge in [0.25, 0.3) is 0 Å². The van der Waals surface area contributed by atoms with Crippen LogP contribution in [0.5, 0.6) is 0 Å². The SMILES string of the molecule is O=C(C[S@@](=O)c1ccccc1Cl)Nc1ccc(Cl)cc1Cl. The van der Waals surface area contributed by atoms with Gasteiger partial charge in [-0.15, -0.1) is 0 Å². The zero-order valence-corrected chi connectivity index (χ0v) is 13.7. The van der Waals surface area contributed by atoms with Gasteiger partial charge in [0.05, 0.1) is 31.4 Å². The molecular weight excluding hydrogens is 353 g/mol. The Morgan fingerprint density at radius 2 is 1.76 bits per heavy atom. The summed E-state index contributed by atoms with van der Waals surface area (Å²) >= 11 is 17.7. The van der Waals surface area contributed by atoms with E-state index in [4.69, 9.17) is 34.8 Å². The van der Waals surface area contributed by atoms with E-state index in [1.807, 2.05) is 0 Å². The van der Waals surface area contributed by atoms with E-state index in [-0.39, 0.29) is 5.75 Å². The summed E-state index contributed by atoms with van der Waals surface area (Å²) in [5.41, 5.74) is 0.419. The van der Waals surface area contributed by atoms with Crippen LogP contribution in [0.25, 0.3) is 0 Å². The van der Waals surface area contributed by atoms with Gasteiger partial charge in [0.2, 0.25) is 5.91 Å². The van der Waals surface area contributed by atoms with Gasteiger partial charge in [0.15, 0.2) is 0 Å². The van der Waals surface area contributed by atoms with E-state index in [1.54, 1.807) is 36.4 Å². The van der Waals surface area contributed by atoms with Crippen LogP contribution < -0.4 is 5.32 Å². The maximum atomic E-state index is 12.1. The number of benzene rings is 2. The lowest BCUT2D eigenvalue weighted by Gasteiger charge is -2.08. The maximum absolute atomic E-state index is 12.1. The molecule has 0 spiro atoms. The van der Waals surface area contributed by atoms with Crippen molar-refractivity contribution >= 4 is 57.2 Å². The van der Waals surface area contributed by atoms with Gasteiger partial charge in [0, 0.05) is 5.02 Å². The van der Waals surface area contributed by atoms with Crippen LogP contribution in [0.2, 0.25) is 15.1 Å². The zero-order chi connectivity index (χ0) is 15.4. The first-order valence-corrected chi connectivity index (χ1v) is 8.30. The summed E-state index contributed by atoms with van der Waals surface area (Å²) in [6, 6.07) is 11.4. The molecule has 2 rings (SSSR count). The fourth-order valence-electron chi connectivity index (χ4n) is 1.60. The molecule has 21 heavy (non-hydrogen) atoms. The molecule has 2 aromatic carbocycles. The number of hydrogen-bond donors (Lipinski definition) is 1. The zero-order valence-electron chi connectivity index (χ0n) is 10.6. The van der Waals surface area contributed by atoms with Crippen molar-refractivity contribution in [1.82, 2.24) is 0 Å². The largest absolute Gasteiger partial charge is 0.324 e. The number of carbonyl (C=O) groups excluding carboxylic acids is 1. The molecule has 0 aromatic heterocycles. The average molecular weight is 363 g/mol. The molecule has 0 radical (unpaired) electrons. The Morgan fingerprint density at radius 1 is 1.05 bits per heavy atom. The highest BCUT2D eigenvalue weighted by atomic mass is 35.5. The molecule has 110 valence electrons. The Labute approximate surface area is 139 Å². The van der Waals surface area contributed by atoms with Crippen LogP contribution in [0, 0.1) is 0 Å². The van der Waals surface area contributed by atoms with Crippen LogP contribution in [0.1, 0.15) is 0 Å². The van der Waals surface area contributed by atoms with E-state index < -0.39 is 16.7 Å². The van der Waals surface area contributed by atoms with Gasteiger partial charge in [-0.3, -0.25) is 9.00 Å². The van der Waals surface area contributed by atoms with Gasteiger partial charge in [0.1, 0.15) is 5.75 Å². The summed E-state index contributed by atoms with van der Waals surface area (Å²) in [4.78, 5) is 12.3. The van der Waals surface area contributed by atoms with E-state index in [2.05, 4.69) is 5.32 Å². The van der Waals surface area contributed by atoms with Crippen molar-refractivity contribution in [2.24, 2.45) is 0 Å². The summed E-state index contributed by atoms with van der Waals surface area (Å²) in [6.45, 7) is 0. The summed E-state index contributed by atoms with van der Waals surface area (Å²) in [7, 11) is -1.52. The number of carbonyl (C=O) groups is 1. The van der Waals surface area contributed by atoms with Crippen LogP contribution in [-0.4, -0.2) is 15.9 Å². The summed E-state index contributed by atoms with van der Waals surface area (Å²) in [5, 5.41) is 3.75. The lowest BCUT2D eigenvalue weighted by atomic mass is 10.3. The van der Waals surface area contributed by atoms with Crippen LogP contribution in [0.3, 0.4) is 0 Å². The fourth-order valence-corrected chi connectivity index (χ4v) is 3.43. The van der Waals surface area contributed by atoms with Crippen LogP contribution in [0.15, 0.2) is 47.4 Å². The number of amides is 1. The Morgan fingerprint density at radius 3 is 2.43 bits per heavy atom. The molecule has 3 nitrogen and oxygen atoms in total. The summed E-state index contributed by atoms with van der Waals surface area (Å²) in [5.74, 6) is -0.625. The van der Waals surface area contributed by atoms with E-state index in [1.165, 1.54) is 6.07 Å². The molecule has 0 aliphatic carbocycles. The van der Waals surface area contributed by atoms with Gasteiger partial charge in [-0.05, 0) is 30.3 Å². The predicted octanol–water partition coefficient (Wildman–Crippen LogP) is 4.39. The lowest BCUT2D eigenvalue weighted by Crippen LogP contribution is -2.19. The highest BCUT2D eigenvalue weighted by Gasteiger charge is 2.14. The number of halogens is 3. The van der Waals surface area contributed by atoms with Crippen molar-refractivity contribution in [3.8, 4) is 0 Å². The molecule has 1 atom stereocenters. The van der Waals surface area contributed by atoms with Crippen molar-refractivity contribution < 1.29 is 9.00 Å². The van der Waals surface area contributed by atoms with Crippen molar-refractivity contribution in [2.75, 3.05) is 11.1 Å². The van der Waals surface area contributed by atoms with Gasteiger partial charge >= 0.3 is 0 Å². The highest BCUT2D eigenvalue weighted by molar-refractivity contribution is 7.86. The monoisotopic (exact) mass is 361 g/mol. The van der Waals surface area contributed by atoms with Gasteiger partial charge in [-0.1, -0.05) is 46.9 Å². The van der Waals surface area contributed by atoms with Gasteiger partial charge in [-0.2, -0.15) is 0 Å². The molecule has 0 heterocycles. The minimum absolute atomic E-state index is 0.206. The third-order valence-electron chi connectivity index (χ3n) is 2.55. The smallest absolute Gasteiger partial charge is 0.237 e. The van der Waals surface area contributed by atoms with Gasteiger partial charge < -0.3 is 5.32 Å². The molecule has 7 heteroatoms. The molecule has 0 unspecified atom stereocenters. The number of nitrogens with one attached hydrogen (secondary N) is 1. The Balaban J connectivity index is 2.05. The minimum atomic E-state index is -1.52. The fraction of sp³-hybridized carbons (Fsp3) is 0.0714. The Kier molecular flexibility index (Phi) is 5.65. The van der Waals surface area contributed by atoms with Crippen molar-refractivity contribution in [3.63, 3.8) is 0 Å². The Bertz CT molecular complexity index is 706. The summed E-state index contributed by atoms with van der Waals surface area (Å²) in [6.07, 6.45) is 0. The first-order valence-electron chi connectivity index (χ1n) is 5.85. The maximum Gasteiger partial charge on any atom is 0.237 e. The first-order chi connectivity index (χ1) is 9.97. The van der Waals surface area contributed by atoms with Crippen molar-refractivity contribution in [3.05, 3.63) is 57.5 Å². The second kappa shape index (κ2) is 7.27. The number of hydrogen-bond acceptors (Lipinski definition) is 2. The van der Waals surface area contributed by atoms with E-state index in [0.29, 0.717) is 25.7 Å². The molecule has 0 saturated heterocycles. The minimum Gasteiger partial charge on any atom is -0.324 e. The molecule has 1 amide bonds. The topological polar surface area (TPSA) is 46.2 Å². The standard InChI is InChI=1S/C14H10Cl3NO2S/c15-9-5-6-12(11(17)7-9)18-14(19)8-21(20)13-4-2-1-3-10(13)16/h1-7H,8H2,(H,18,19)/t21-/m1/s1. The molecule has 0 saturated carbocycles. The highest BCUT2D eigenvalue weighted by Crippen LogP contribution is 2.25. The van der Waals surface area contributed by atoms with Crippen LogP contribution in [0.4, 0.5) is 5.69 Å². The van der Waals surface area contributed by atoms with Gasteiger partial charge in [-0.25, -0.2) is 0 Å². The normalized spacial score (nSPS) is 12.0. The second-order valence-corrected chi connectivity index (χ2v) is 6.76. The first kappa shape index (κ1) is 16.3. The number of rotatable bonds is 4. The predicted molar refractivity (Wildman–Crippen MR) is 87.8 cm³/mol. The quantitative estimate of drug-likeness (QED) is 0.876.